The van der Waals surface area contributed by atoms with Crippen molar-refractivity contribution in [3.8, 4) is 0 Å². The van der Waals surface area contributed by atoms with Crippen molar-refractivity contribution in [1.82, 2.24) is 10.2 Å². The highest BCUT2D eigenvalue weighted by Crippen LogP contribution is 2.17. The third-order valence-electron chi connectivity index (χ3n) is 3.61. The van der Waals surface area contributed by atoms with E-state index < -0.39 is 5.41 Å². The van der Waals surface area contributed by atoms with Crippen LogP contribution in [0.5, 0.6) is 0 Å². The summed E-state index contributed by atoms with van der Waals surface area (Å²) < 4.78 is 4.79. The third kappa shape index (κ3) is 4.28. The van der Waals surface area contributed by atoms with Crippen molar-refractivity contribution >= 4 is 5.97 Å². The zero-order valence-electron chi connectivity index (χ0n) is 11.6. The lowest BCUT2D eigenvalue weighted by molar-refractivity contribution is -0.150. The SMILES string of the molecule is COC(=O)C(C)(C)CNCC1CCCCN1C. The Morgan fingerprint density at radius 1 is 1.47 bits per heavy atom. The first kappa shape index (κ1) is 14.5. The minimum atomic E-state index is -0.442. The molecule has 0 bridgehead atoms. The van der Waals surface area contributed by atoms with Gasteiger partial charge in [0, 0.05) is 19.1 Å². The molecule has 1 unspecified atom stereocenters. The standard InChI is InChI=1S/C13H26N2O2/c1-13(2,12(16)17-4)10-14-9-11-7-5-6-8-15(11)3/h11,14H,5-10H2,1-4H3. The Labute approximate surface area is 105 Å². The van der Waals surface area contributed by atoms with Crippen LogP contribution in [0.15, 0.2) is 0 Å². The van der Waals surface area contributed by atoms with E-state index in [9.17, 15) is 4.79 Å². The molecule has 100 valence electrons. The van der Waals surface area contributed by atoms with Gasteiger partial charge in [-0.3, -0.25) is 4.79 Å². The van der Waals surface area contributed by atoms with Crippen LogP contribution in [0.4, 0.5) is 0 Å². The predicted octanol–water partition coefficient (Wildman–Crippen LogP) is 1.26. The van der Waals surface area contributed by atoms with Gasteiger partial charge in [0.25, 0.3) is 0 Å². The molecule has 0 aromatic rings. The number of nitrogens with zero attached hydrogens (tertiary/aromatic N) is 1. The molecule has 1 heterocycles. The maximum absolute atomic E-state index is 11.5. The molecule has 1 N–H and O–H groups in total. The molecule has 1 aliphatic heterocycles. The molecule has 0 saturated carbocycles. The molecular formula is C13H26N2O2. The maximum atomic E-state index is 11.5. The monoisotopic (exact) mass is 242 g/mol. The van der Waals surface area contributed by atoms with Gasteiger partial charge in [-0.2, -0.15) is 0 Å². The highest BCUT2D eigenvalue weighted by Gasteiger charge is 2.28. The van der Waals surface area contributed by atoms with Crippen LogP contribution in [0.25, 0.3) is 0 Å². The van der Waals surface area contributed by atoms with Gasteiger partial charge < -0.3 is 15.0 Å². The number of nitrogens with one attached hydrogen (secondary N) is 1. The maximum Gasteiger partial charge on any atom is 0.312 e. The number of hydrogen-bond donors (Lipinski definition) is 1. The summed E-state index contributed by atoms with van der Waals surface area (Å²) >= 11 is 0. The van der Waals surface area contributed by atoms with Gasteiger partial charge in [-0.15, -0.1) is 0 Å². The smallest absolute Gasteiger partial charge is 0.312 e. The lowest BCUT2D eigenvalue weighted by Crippen LogP contribution is -2.46. The van der Waals surface area contributed by atoms with Gasteiger partial charge in [0.1, 0.15) is 0 Å². The van der Waals surface area contributed by atoms with E-state index in [-0.39, 0.29) is 5.97 Å². The van der Waals surface area contributed by atoms with Gasteiger partial charge in [-0.25, -0.2) is 0 Å². The molecule has 4 nitrogen and oxygen atoms in total. The van der Waals surface area contributed by atoms with Crippen LogP contribution in [0, 0.1) is 5.41 Å². The fourth-order valence-electron chi connectivity index (χ4n) is 2.30. The largest absolute Gasteiger partial charge is 0.469 e. The van der Waals surface area contributed by atoms with E-state index in [4.69, 9.17) is 4.74 Å². The number of piperidine rings is 1. The summed E-state index contributed by atoms with van der Waals surface area (Å²) in [5, 5.41) is 3.40. The Morgan fingerprint density at radius 3 is 2.76 bits per heavy atom. The molecular weight excluding hydrogens is 216 g/mol. The van der Waals surface area contributed by atoms with Crippen LogP contribution in [0.2, 0.25) is 0 Å². The molecule has 1 rings (SSSR count). The topological polar surface area (TPSA) is 41.6 Å². The van der Waals surface area contributed by atoms with Crippen LogP contribution in [0.3, 0.4) is 0 Å². The predicted molar refractivity (Wildman–Crippen MR) is 68.9 cm³/mol. The van der Waals surface area contributed by atoms with Crippen LogP contribution < -0.4 is 5.32 Å². The summed E-state index contributed by atoms with van der Waals surface area (Å²) in [6.45, 7) is 6.64. The Morgan fingerprint density at radius 2 is 2.18 bits per heavy atom. The van der Waals surface area contributed by atoms with E-state index in [0.29, 0.717) is 12.6 Å². The quantitative estimate of drug-likeness (QED) is 0.737. The van der Waals surface area contributed by atoms with Crippen LogP contribution >= 0.6 is 0 Å². The van der Waals surface area contributed by atoms with Crippen LogP contribution in [-0.4, -0.2) is 50.7 Å². The van der Waals surface area contributed by atoms with Crippen molar-refractivity contribution in [2.24, 2.45) is 5.41 Å². The van der Waals surface area contributed by atoms with E-state index in [1.165, 1.54) is 32.9 Å². The van der Waals surface area contributed by atoms with E-state index >= 15 is 0 Å². The first-order valence-electron chi connectivity index (χ1n) is 6.47. The molecule has 0 aromatic carbocycles. The Kier molecular flexibility index (Phi) is 5.40. The van der Waals surface area contributed by atoms with Gasteiger partial charge >= 0.3 is 5.97 Å². The van der Waals surface area contributed by atoms with Crippen LogP contribution in [-0.2, 0) is 9.53 Å². The molecule has 1 atom stereocenters. The van der Waals surface area contributed by atoms with E-state index in [0.717, 1.165) is 6.54 Å². The lowest BCUT2D eigenvalue weighted by atomic mass is 9.93. The highest BCUT2D eigenvalue weighted by molar-refractivity contribution is 5.76. The normalized spacial score (nSPS) is 22.5. The fraction of sp³-hybridized carbons (Fsp3) is 0.923. The number of ether oxygens (including phenoxy) is 1. The second-order valence-electron chi connectivity index (χ2n) is 5.64. The van der Waals surface area contributed by atoms with Crippen molar-refractivity contribution in [2.45, 2.75) is 39.2 Å². The van der Waals surface area contributed by atoms with Gasteiger partial charge in [0.15, 0.2) is 0 Å². The molecule has 0 aromatic heterocycles. The van der Waals surface area contributed by atoms with Crippen molar-refractivity contribution in [2.75, 3.05) is 33.8 Å². The number of rotatable bonds is 5. The number of likely N-dealkylation sites (tertiary alicyclic amines) is 1. The average Bonchev–Trinajstić information content (AvgIpc) is 2.30. The Bertz CT molecular complexity index is 254. The second-order valence-corrected chi connectivity index (χ2v) is 5.64. The number of hydrogen-bond acceptors (Lipinski definition) is 4. The number of carbonyl (C=O) groups excluding carboxylic acids is 1. The van der Waals surface area contributed by atoms with Gasteiger partial charge in [0.2, 0.25) is 0 Å². The van der Waals surface area contributed by atoms with Crippen molar-refractivity contribution < 1.29 is 9.53 Å². The first-order chi connectivity index (χ1) is 7.97. The number of methoxy groups -OCH3 is 1. The van der Waals surface area contributed by atoms with E-state index in [1.807, 2.05) is 13.8 Å². The summed E-state index contributed by atoms with van der Waals surface area (Å²) in [6, 6.07) is 0.609. The third-order valence-corrected chi connectivity index (χ3v) is 3.61. The van der Waals surface area contributed by atoms with E-state index in [2.05, 4.69) is 17.3 Å². The van der Waals surface area contributed by atoms with E-state index in [1.54, 1.807) is 0 Å². The highest BCUT2D eigenvalue weighted by atomic mass is 16.5. The average molecular weight is 242 g/mol. The zero-order chi connectivity index (χ0) is 12.9. The lowest BCUT2D eigenvalue weighted by Gasteiger charge is -2.33. The summed E-state index contributed by atoms with van der Waals surface area (Å²) in [5.74, 6) is -0.151. The van der Waals surface area contributed by atoms with Crippen molar-refractivity contribution in [1.29, 1.82) is 0 Å². The molecule has 0 aliphatic carbocycles. The number of likely N-dealkylation sites (N-methyl/N-ethyl adjacent to an activating group) is 1. The molecule has 1 saturated heterocycles. The minimum absolute atomic E-state index is 0.151. The molecule has 0 spiro atoms. The van der Waals surface area contributed by atoms with Crippen molar-refractivity contribution in [3.63, 3.8) is 0 Å². The molecule has 4 heteroatoms. The zero-order valence-corrected chi connectivity index (χ0v) is 11.6. The fourth-order valence-corrected chi connectivity index (χ4v) is 2.30. The van der Waals surface area contributed by atoms with Crippen molar-refractivity contribution in [3.05, 3.63) is 0 Å². The van der Waals surface area contributed by atoms with Gasteiger partial charge in [0.05, 0.1) is 12.5 Å². The van der Waals surface area contributed by atoms with Gasteiger partial charge in [-0.05, 0) is 40.3 Å². The summed E-state index contributed by atoms with van der Waals surface area (Å²) in [5.41, 5.74) is -0.442. The number of esters is 1. The molecule has 0 amide bonds. The summed E-state index contributed by atoms with van der Waals surface area (Å²) in [6.07, 6.45) is 3.87. The minimum Gasteiger partial charge on any atom is -0.469 e. The van der Waals surface area contributed by atoms with Gasteiger partial charge in [-0.1, -0.05) is 6.42 Å². The number of carbonyl (C=O) groups is 1. The van der Waals surface area contributed by atoms with Crippen LogP contribution in [0.1, 0.15) is 33.1 Å². The molecule has 1 aliphatic rings. The summed E-state index contributed by atoms with van der Waals surface area (Å²) in [7, 11) is 3.62. The Balaban J connectivity index is 2.29. The molecule has 17 heavy (non-hydrogen) atoms. The summed E-state index contributed by atoms with van der Waals surface area (Å²) in [4.78, 5) is 13.9. The second kappa shape index (κ2) is 6.36. The first-order valence-corrected chi connectivity index (χ1v) is 6.47. The molecule has 1 fully saturated rings. The Hall–Kier alpha value is -0.610. The molecule has 0 radical (unpaired) electrons.